The van der Waals surface area contributed by atoms with E-state index in [1.54, 1.807) is 22.1 Å². The van der Waals surface area contributed by atoms with Gasteiger partial charge in [0, 0.05) is 25.0 Å². The molecule has 2 N–H and O–H groups in total. The third-order valence-electron chi connectivity index (χ3n) is 8.06. The quantitative estimate of drug-likeness (QED) is 0.578. The van der Waals surface area contributed by atoms with Crippen molar-refractivity contribution in [1.29, 1.82) is 0 Å². The Bertz CT molecular complexity index is 1450. The van der Waals surface area contributed by atoms with Crippen LogP contribution < -0.4 is 0 Å². The number of likely N-dealkylation sites (tertiary alicyclic amines) is 1. The van der Waals surface area contributed by atoms with Gasteiger partial charge in [0.05, 0.1) is 17.3 Å². The maximum absolute atomic E-state index is 15.5. The first kappa shape index (κ1) is 21.7. The number of aliphatic hydroxyl groups is 1. The zero-order valence-electron chi connectivity index (χ0n) is 19.7. The van der Waals surface area contributed by atoms with Gasteiger partial charge in [0.15, 0.2) is 0 Å². The Morgan fingerprint density at radius 3 is 2.67 bits per heavy atom. The summed E-state index contributed by atoms with van der Waals surface area (Å²) >= 11 is 0. The minimum absolute atomic E-state index is 0.0587. The van der Waals surface area contributed by atoms with E-state index >= 15 is 4.39 Å². The van der Waals surface area contributed by atoms with Crippen molar-refractivity contribution in [3.8, 4) is 11.1 Å². The van der Waals surface area contributed by atoms with E-state index in [9.17, 15) is 14.7 Å². The van der Waals surface area contributed by atoms with Gasteiger partial charge in [-0.15, -0.1) is 0 Å². The van der Waals surface area contributed by atoms with Crippen LogP contribution in [0.25, 0.3) is 22.0 Å². The van der Waals surface area contributed by atoms with Crippen molar-refractivity contribution in [3.05, 3.63) is 54.0 Å². The van der Waals surface area contributed by atoms with Crippen molar-refractivity contribution in [2.45, 2.75) is 43.2 Å². The highest BCUT2D eigenvalue weighted by Crippen LogP contribution is 2.46. The maximum Gasteiger partial charge on any atom is 0.256 e. The molecule has 3 aromatic rings. The first-order valence-corrected chi connectivity index (χ1v) is 12.5. The molecule has 1 atom stereocenters. The van der Waals surface area contributed by atoms with Crippen LogP contribution >= 0.6 is 0 Å². The molecule has 0 unspecified atom stereocenters. The van der Waals surface area contributed by atoms with Crippen LogP contribution in [0.5, 0.6) is 0 Å². The van der Waals surface area contributed by atoms with Crippen LogP contribution in [0.3, 0.4) is 0 Å². The molecule has 36 heavy (non-hydrogen) atoms. The molecule has 8 nitrogen and oxygen atoms in total. The first-order chi connectivity index (χ1) is 17.4. The number of amides is 2. The number of nitrogens with zero attached hydrogens (tertiary/aromatic N) is 4. The Balaban J connectivity index is 1.14. The van der Waals surface area contributed by atoms with E-state index < -0.39 is 17.0 Å². The molecule has 1 saturated heterocycles. The van der Waals surface area contributed by atoms with Gasteiger partial charge >= 0.3 is 0 Å². The average molecular weight is 488 g/mol. The van der Waals surface area contributed by atoms with Crippen molar-refractivity contribution in [3.63, 3.8) is 0 Å². The van der Waals surface area contributed by atoms with Crippen molar-refractivity contribution in [2.24, 2.45) is 10.9 Å². The third-order valence-corrected chi connectivity index (χ3v) is 8.06. The number of hydrogen-bond donors (Lipinski definition) is 2. The van der Waals surface area contributed by atoms with Gasteiger partial charge in [0.25, 0.3) is 11.8 Å². The number of aliphatic imine (C=N–C) groups is 1. The summed E-state index contributed by atoms with van der Waals surface area (Å²) in [4.78, 5) is 33.9. The number of fused-ring (bicyclic) bond motifs is 1. The second-order valence-electron chi connectivity index (χ2n) is 10.7. The lowest BCUT2D eigenvalue weighted by Crippen LogP contribution is -2.42. The van der Waals surface area contributed by atoms with E-state index in [1.807, 2.05) is 24.3 Å². The van der Waals surface area contributed by atoms with Crippen LogP contribution in [0.1, 0.15) is 37.7 Å². The monoisotopic (exact) mass is 487 g/mol. The largest absolute Gasteiger partial charge is 0.380 e. The predicted molar refractivity (Wildman–Crippen MR) is 131 cm³/mol. The number of aromatic amines is 1. The summed E-state index contributed by atoms with van der Waals surface area (Å²) in [5.74, 6) is -0.258. The lowest BCUT2D eigenvalue weighted by atomic mass is 10.0. The summed E-state index contributed by atoms with van der Waals surface area (Å²) in [7, 11) is 0. The molecule has 3 heterocycles. The lowest BCUT2D eigenvalue weighted by molar-refractivity contribution is -0.141. The Hall–Kier alpha value is -3.59. The number of carbonyl (C=O) groups excluding carboxylic acids is 2. The van der Waals surface area contributed by atoms with Crippen LogP contribution in [-0.2, 0) is 9.59 Å². The van der Waals surface area contributed by atoms with Gasteiger partial charge in [0.2, 0.25) is 0 Å². The number of carbonyl (C=O) groups is 2. The number of aromatic nitrogens is 2. The third kappa shape index (κ3) is 3.37. The molecule has 2 aliphatic heterocycles. The van der Waals surface area contributed by atoms with Crippen molar-refractivity contribution < 1.29 is 19.1 Å². The topological polar surface area (TPSA) is 102 Å². The fourth-order valence-electron chi connectivity index (χ4n) is 5.53. The zero-order chi connectivity index (χ0) is 24.7. The molecule has 2 aromatic carbocycles. The Kier molecular flexibility index (Phi) is 4.49. The molecule has 2 amide bonds. The molecule has 3 fully saturated rings. The molecular formula is C27H26FN5O3. The Morgan fingerprint density at radius 2 is 1.92 bits per heavy atom. The summed E-state index contributed by atoms with van der Waals surface area (Å²) in [6.07, 6.45) is 4.86. The van der Waals surface area contributed by atoms with Crippen LogP contribution in [-0.4, -0.2) is 73.5 Å². The minimum Gasteiger partial charge on any atom is -0.380 e. The highest BCUT2D eigenvalue weighted by molar-refractivity contribution is 6.16. The SMILES string of the molecule is O=C(N1CC[C@@H](CN2C(=O)C3(CC3)N=C2c2ccc(-c3ccc4[nH]ncc4c3)cc2F)C1)C1(O)CC1. The Morgan fingerprint density at radius 1 is 1.14 bits per heavy atom. The van der Waals surface area contributed by atoms with E-state index in [0.29, 0.717) is 56.7 Å². The standard InChI is InChI=1S/C27H26FN5O3/c28-21-12-18(17-2-4-22-19(11-17)13-29-31-22)1-3-20(21)23-30-26(6-7-26)24(34)33(23)15-16-5-10-32(14-16)25(35)27(36)8-9-27/h1-4,11-13,16,36H,5-10,14-15H2,(H,29,31)/t16-/m1/s1. The maximum atomic E-state index is 15.5. The highest BCUT2D eigenvalue weighted by atomic mass is 19.1. The fraction of sp³-hybridized carbons (Fsp3) is 0.407. The molecule has 9 heteroatoms. The molecule has 4 aliphatic rings. The second kappa shape index (κ2) is 7.46. The van der Waals surface area contributed by atoms with Crippen molar-refractivity contribution in [2.75, 3.05) is 19.6 Å². The molecule has 0 bridgehead atoms. The van der Waals surface area contributed by atoms with Gasteiger partial charge in [-0.2, -0.15) is 5.10 Å². The number of benzene rings is 2. The summed E-state index contributed by atoms with van der Waals surface area (Å²) < 4.78 is 15.5. The number of H-pyrrole nitrogens is 1. The Labute approximate surface area is 206 Å². The minimum atomic E-state index is -1.18. The lowest BCUT2D eigenvalue weighted by Gasteiger charge is -2.24. The van der Waals surface area contributed by atoms with E-state index in [0.717, 1.165) is 28.5 Å². The zero-order valence-corrected chi connectivity index (χ0v) is 19.7. The predicted octanol–water partition coefficient (Wildman–Crippen LogP) is 2.86. The first-order valence-electron chi connectivity index (χ1n) is 12.5. The number of rotatable bonds is 5. The fourth-order valence-corrected chi connectivity index (χ4v) is 5.53. The second-order valence-corrected chi connectivity index (χ2v) is 10.7. The van der Waals surface area contributed by atoms with E-state index in [2.05, 4.69) is 10.2 Å². The number of nitrogens with one attached hydrogen (secondary N) is 1. The van der Waals surface area contributed by atoms with E-state index in [4.69, 9.17) is 4.99 Å². The van der Waals surface area contributed by atoms with Gasteiger partial charge in [0.1, 0.15) is 22.8 Å². The molecule has 184 valence electrons. The van der Waals surface area contributed by atoms with Crippen molar-refractivity contribution >= 4 is 28.6 Å². The van der Waals surface area contributed by atoms with E-state index in [1.165, 1.54) is 6.07 Å². The molecule has 7 rings (SSSR count). The summed E-state index contributed by atoms with van der Waals surface area (Å²) in [6, 6.07) is 10.8. The van der Waals surface area contributed by atoms with Crippen LogP contribution in [0.15, 0.2) is 47.6 Å². The van der Waals surface area contributed by atoms with Gasteiger partial charge in [-0.3, -0.25) is 24.6 Å². The average Bonchev–Trinajstić information content (AvgIpc) is 3.66. The van der Waals surface area contributed by atoms with Crippen molar-refractivity contribution in [1.82, 2.24) is 20.0 Å². The summed E-state index contributed by atoms with van der Waals surface area (Å²) in [5.41, 5.74) is 0.916. The molecule has 0 radical (unpaired) electrons. The van der Waals surface area contributed by atoms with Gasteiger partial charge in [-0.25, -0.2) is 4.39 Å². The van der Waals surface area contributed by atoms with Crippen LogP contribution in [0.4, 0.5) is 4.39 Å². The molecular weight excluding hydrogens is 461 g/mol. The highest BCUT2D eigenvalue weighted by Gasteiger charge is 2.58. The van der Waals surface area contributed by atoms with Gasteiger partial charge < -0.3 is 10.0 Å². The summed E-state index contributed by atoms with van der Waals surface area (Å²) in [6.45, 7) is 1.44. The van der Waals surface area contributed by atoms with Gasteiger partial charge in [-0.05, 0) is 73.4 Å². The summed E-state index contributed by atoms with van der Waals surface area (Å²) in [5, 5.41) is 18.1. The number of hydrogen-bond acceptors (Lipinski definition) is 5. The van der Waals surface area contributed by atoms with E-state index in [-0.39, 0.29) is 17.7 Å². The van der Waals surface area contributed by atoms with Gasteiger partial charge in [-0.1, -0.05) is 12.1 Å². The number of halogens is 1. The van der Waals surface area contributed by atoms with Crippen LogP contribution in [0, 0.1) is 11.7 Å². The normalized spacial score (nSPS) is 23.6. The smallest absolute Gasteiger partial charge is 0.256 e. The molecule has 1 spiro atoms. The molecule has 2 saturated carbocycles. The molecule has 1 aromatic heterocycles. The van der Waals surface area contributed by atoms with Crippen LogP contribution in [0.2, 0.25) is 0 Å². The number of amidine groups is 1. The molecule has 2 aliphatic carbocycles.